The maximum absolute atomic E-state index is 12.2. The van der Waals surface area contributed by atoms with Crippen molar-refractivity contribution in [3.63, 3.8) is 0 Å². The summed E-state index contributed by atoms with van der Waals surface area (Å²) in [6, 6.07) is 14.6. The van der Waals surface area contributed by atoms with Crippen LogP contribution in [0, 0.1) is 6.92 Å². The molecule has 1 aliphatic heterocycles. The number of fused-ring (bicyclic) bond motifs is 1. The summed E-state index contributed by atoms with van der Waals surface area (Å²) in [5, 5.41) is 0. The van der Waals surface area contributed by atoms with Crippen LogP contribution >= 0.6 is 0 Å². The van der Waals surface area contributed by atoms with E-state index in [2.05, 4.69) is 36.1 Å². The molecule has 0 bridgehead atoms. The second-order valence-corrected chi connectivity index (χ2v) is 5.68. The molecule has 0 unspecified atom stereocenters. The topological polar surface area (TPSA) is 20.3 Å². The molecule has 2 heteroatoms. The first-order valence-electron chi connectivity index (χ1n) is 7.70. The van der Waals surface area contributed by atoms with Crippen LogP contribution in [0.5, 0.6) is 0 Å². The molecule has 0 fully saturated rings. The fourth-order valence-electron chi connectivity index (χ4n) is 3.11. The molecule has 0 aromatic heterocycles. The lowest BCUT2D eigenvalue weighted by atomic mass is 9.97. The Balaban J connectivity index is 2.09. The van der Waals surface area contributed by atoms with E-state index in [-0.39, 0.29) is 5.78 Å². The molecule has 21 heavy (non-hydrogen) atoms. The van der Waals surface area contributed by atoms with Gasteiger partial charge in [0.2, 0.25) is 0 Å². The minimum atomic E-state index is 0.213. The molecule has 1 heterocycles. The number of carbonyl (C=O) groups is 1. The SMILES string of the molecule is CCC(=O)c1ccccc1N1CCCc2cc(C)ccc21. The van der Waals surface area contributed by atoms with Crippen molar-refractivity contribution >= 4 is 17.2 Å². The zero-order valence-electron chi connectivity index (χ0n) is 12.7. The van der Waals surface area contributed by atoms with Gasteiger partial charge in [0.05, 0.1) is 5.69 Å². The average Bonchev–Trinajstić information content (AvgIpc) is 2.53. The standard InChI is InChI=1S/C19H21NO/c1-3-19(21)16-8-4-5-9-18(16)20-12-6-7-15-13-14(2)10-11-17(15)20/h4-5,8-11,13H,3,6-7,12H2,1-2H3. The second-order valence-electron chi connectivity index (χ2n) is 5.68. The summed E-state index contributed by atoms with van der Waals surface area (Å²) in [6.07, 6.45) is 2.80. The highest BCUT2D eigenvalue weighted by Gasteiger charge is 2.21. The van der Waals surface area contributed by atoms with Crippen LogP contribution in [0.1, 0.15) is 41.3 Å². The lowest BCUT2D eigenvalue weighted by molar-refractivity contribution is 0.0988. The minimum absolute atomic E-state index is 0.213. The van der Waals surface area contributed by atoms with Crippen LogP contribution in [0.2, 0.25) is 0 Å². The summed E-state index contributed by atoms with van der Waals surface area (Å²) in [4.78, 5) is 14.5. The number of hydrogen-bond acceptors (Lipinski definition) is 2. The summed E-state index contributed by atoms with van der Waals surface area (Å²) in [7, 11) is 0. The van der Waals surface area contributed by atoms with Crippen LogP contribution in [0.3, 0.4) is 0 Å². The third kappa shape index (κ3) is 2.58. The maximum atomic E-state index is 12.2. The zero-order valence-corrected chi connectivity index (χ0v) is 12.7. The number of ketones is 1. The molecule has 0 spiro atoms. The van der Waals surface area contributed by atoms with Crippen molar-refractivity contribution in [1.29, 1.82) is 0 Å². The Hall–Kier alpha value is -2.09. The molecule has 0 amide bonds. The van der Waals surface area contributed by atoms with Gasteiger partial charge in [-0.2, -0.15) is 0 Å². The Bertz CT molecular complexity index is 675. The van der Waals surface area contributed by atoms with Gasteiger partial charge in [0, 0.05) is 24.2 Å². The van der Waals surface area contributed by atoms with E-state index in [0.717, 1.165) is 30.6 Å². The molecule has 3 rings (SSSR count). The van der Waals surface area contributed by atoms with Gasteiger partial charge in [0.25, 0.3) is 0 Å². The minimum Gasteiger partial charge on any atom is -0.341 e. The van der Waals surface area contributed by atoms with Crippen molar-refractivity contribution < 1.29 is 4.79 Å². The third-order valence-electron chi connectivity index (χ3n) is 4.17. The van der Waals surface area contributed by atoms with Gasteiger partial charge in [0.1, 0.15) is 0 Å². The quantitative estimate of drug-likeness (QED) is 0.761. The Morgan fingerprint density at radius 2 is 1.95 bits per heavy atom. The van der Waals surface area contributed by atoms with E-state index in [1.54, 1.807) is 0 Å². The van der Waals surface area contributed by atoms with Crippen LogP contribution in [0.25, 0.3) is 0 Å². The number of aryl methyl sites for hydroxylation is 2. The van der Waals surface area contributed by atoms with Crippen LogP contribution < -0.4 is 4.90 Å². The van der Waals surface area contributed by atoms with E-state index in [4.69, 9.17) is 0 Å². The van der Waals surface area contributed by atoms with Gasteiger partial charge in [-0.1, -0.05) is 36.8 Å². The summed E-state index contributed by atoms with van der Waals surface area (Å²) in [5.74, 6) is 0.213. The first-order chi connectivity index (χ1) is 10.2. The van der Waals surface area contributed by atoms with Gasteiger partial charge < -0.3 is 4.90 Å². The van der Waals surface area contributed by atoms with Crippen LogP contribution in [0.15, 0.2) is 42.5 Å². The summed E-state index contributed by atoms with van der Waals surface area (Å²) in [6.45, 7) is 5.03. The molecule has 0 saturated heterocycles. The van der Waals surface area contributed by atoms with E-state index in [1.165, 1.54) is 16.8 Å². The highest BCUT2D eigenvalue weighted by Crippen LogP contribution is 2.36. The van der Waals surface area contributed by atoms with Crippen molar-refractivity contribution in [2.24, 2.45) is 0 Å². The molecular weight excluding hydrogens is 258 g/mol. The zero-order chi connectivity index (χ0) is 14.8. The lowest BCUT2D eigenvalue weighted by Crippen LogP contribution is -2.26. The predicted molar refractivity (Wildman–Crippen MR) is 87.6 cm³/mol. The Kier molecular flexibility index (Phi) is 3.78. The second kappa shape index (κ2) is 5.72. The molecule has 1 aliphatic rings. The van der Waals surface area contributed by atoms with E-state index >= 15 is 0 Å². The molecule has 2 aromatic carbocycles. The molecule has 0 radical (unpaired) electrons. The third-order valence-corrected chi connectivity index (χ3v) is 4.17. The highest BCUT2D eigenvalue weighted by atomic mass is 16.1. The van der Waals surface area contributed by atoms with Crippen molar-refractivity contribution in [1.82, 2.24) is 0 Å². The fraction of sp³-hybridized carbons (Fsp3) is 0.316. The number of hydrogen-bond donors (Lipinski definition) is 0. The first-order valence-corrected chi connectivity index (χ1v) is 7.70. The number of nitrogens with zero attached hydrogens (tertiary/aromatic N) is 1. The largest absolute Gasteiger partial charge is 0.341 e. The van der Waals surface area contributed by atoms with E-state index in [9.17, 15) is 4.79 Å². The summed E-state index contributed by atoms with van der Waals surface area (Å²) < 4.78 is 0. The van der Waals surface area contributed by atoms with Gasteiger partial charge in [-0.25, -0.2) is 0 Å². The number of carbonyl (C=O) groups excluding carboxylic acids is 1. The number of Topliss-reactive ketones (excluding diaryl/α,β-unsaturated/α-hetero) is 1. The molecule has 2 aromatic rings. The Morgan fingerprint density at radius 1 is 1.14 bits per heavy atom. The van der Waals surface area contributed by atoms with Crippen molar-refractivity contribution in [3.05, 3.63) is 59.2 Å². The van der Waals surface area contributed by atoms with Gasteiger partial charge in [-0.15, -0.1) is 0 Å². The molecule has 2 nitrogen and oxygen atoms in total. The smallest absolute Gasteiger partial charge is 0.164 e. The number of anilines is 2. The Morgan fingerprint density at radius 3 is 2.76 bits per heavy atom. The molecule has 0 saturated carbocycles. The van der Waals surface area contributed by atoms with Crippen LogP contribution in [-0.4, -0.2) is 12.3 Å². The van der Waals surface area contributed by atoms with Crippen molar-refractivity contribution in [2.45, 2.75) is 33.1 Å². The van der Waals surface area contributed by atoms with Crippen molar-refractivity contribution in [2.75, 3.05) is 11.4 Å². The number of rotatable bonds is 3. The van der Waals surface area contributed by atoms with E-state index in [1.807, 2.05) is 25.1 Å². The molecular formula is C19H21NO. The molecule has 0 N–H and O–H groups in total. The maximum Gasteiger partial charge on any atom is 0.164 e. The molecule has 0 aliphatic carbocycles. The normalized spacial score (nSPS) is 13.9. The van der Waals surface area contributed by atoms with E-state index in [0.29, 0.717) is 6.42 Å². The van der Waals surface area contributed by atoms with Crippen molar-refractivity contribution in [3.8, 4) is 0 Å². The monoisotopic (exact) mass is 279 g/mol. The van der Waals surface area contributed by atoms with Gasteiger partial charge in [-0.3, -0.25) is 4.79 Å². The summed E-state index contributed by atoms with van der Waals surface area (Å²) >= 11 is 0. The molecule has 108 valence electrons. The first kappa shape index (κ1) is 13.9. The average molecular weight is 279 g/mol. The molecule has 0 atom stereocenters. The Labute approximate surface area is 126 Å². The van der Waals surface area contributed by atoms with E-state index < -0.39 is 0 Å². The highest BCUT2D eigenvalue weighted by molar-refractivity contribution is 6.02. The lowest BCUT2D eigenvalue weighted by Gasteiger charge is -2.32. The summed E-state index contributed by atoms with van der Waals surface area (Å²) in [5.41, 5.74) is 5.83. The number of benzene rings is 2. The van der Waals surface area contributed by atoms with Gasteiger partial charge >= 0.3 is 0 Å². The van der Waals surface area contributed by atoms with Crippen LogP contribution in [-0.2, 0) is 6.42 Å². The fourth-order valence-corrected chi connectivity index (χ4v) is 3.11. The van der Waals surface area contributed by atoms with Crippen LogP contribution in [0.4, 0.5) is 11.4 Å². The predicted octanol–water partition coefficient (Wildman–Crippen LogP) is 4.67. The van der Waals surface area contributed by atoms with Gasteiger partial charge in [-0.05, 0) is 43.5 Å². The number of para-hydroxylation sites is 1. The van der Waals surface area contributed by atoms with Gasteiger partial charge in [0.15, 0.2) is 5.78 Å².